The number of benzene rings is 3. The van der Waals surface area contributed by atoms with Crippen LogP contribution in [-0.2, 0) is 4.79 Å². The van der Waals surface area contributed by atoms with Gasteiger partial charge in [-0.1, -0.05) is 55.5 Å². The number of nitrogens with one attached hydrogen (secondary N) is 2. The van der Waals surface area contributed by atoms with E-state index in [-0.39, 0.29) is 17.9 Å². The van der Waals surface area contributed by atoms with E-state index >= 15 is 0 Å². The molecule has 3 aromatic rings. The van der Waals surface area contributed by atoms with Crippen molar-refractivity contribution in [2.24, 2.45) is 0 Å². The topological polar surface area (TPSA) is 67.4 Å². The van der Waals surface area contributed by atoms with E-state index in [9.17, 15) is 9.59 Å². The maximum absolute atomic E-state index is 12.6. The van der Waals surface area contributed by atoms with Crippen LogP contribution in [0.4, 0.5) is 5.69 Å². The molecule has 2 N–H and O–H groups in total. The van der Waals surface area contributed by atoms with Crippen LogP contribution in [0, 0.1) is 0 Å². The van der Waals surface area contributed by atoms with Crippen molar-refractivity contribution in [3.8, 4) is 16.9 Å². The quantitative estimate of drug-likeness (QED) is 0.524. The molecule has 2 amide bonds. The highest BCUT2D eigenvalue weighted by atomic mass is 16.5. The van der Waals surface area contributed by atoms with Crippen LogP contribution in [0.5, 0.6) is 5.75 Å². The van der Waals surface area contributed by atoms with Gasteiger partial charge in [0.05, 0.1) is 0 Å². The maximum atomic E-state index is 12.6. The van der Waals surface area contributed by atoms with Gasteiger partial charge >= 0.3 is 0 Å². The molecule has 0 aliphatic rings. The van der Waals surface area contributed by atoms with E-state index in [1.54, 1.807) is 31.2 Å². The van der Waals surface area contributed by atoms with Gasteiger partial charge in [-0.05, 0) is 61.7 Å². The number of carbonyl (C=O) groups excluding carboxylic acids is 2. The average Bonchev–Trinajstić information content (AvgIpc) is 2.80. The van der Waals surface area contributed by atoms with E-state index in [0.717, 1.165) is 17.5 Å². The molecule has 3 aromatic carbocycles. The molecular formula is C26H28N2O3. The Bertz CT molecular complexity index is 1020. The highest BCUT2D eigenvalue weighted by molar-refractivity contribution is 5.98. The Morgan fingerprint density at radius 2 is 1.55 bits per heavy atom. The van der Waals surface area contributed by atoms with Crippen LogP contribution in [0.1, 0.15) is 37.6 Å². The smallest absolute Gasteiger partial charge is 0.265 e. The van der Waals surface area contributed by atoms with E-state index in [1.807, 2.05) is 68.4 Å². The van der Waals surface area contributed by atoms with Gasteiger partial charge in [-0.25, -0.2) is 0 Å². The second kappa shape index (κ2) is 10.4. The third-order valence-corrected chi connectivity index (χ3v) is 5.03. The number of anilines is 1. The number of hydrogen-bond acceptors (Lipinski definition) is 3. The molecule has 0 aliphatic carbocycles. The van der Waals surface area contributed by atoms with E-state index in [0.29, 0.717) is 17.0 Å². The highest BCUT2D eigenvalue weighted by Crippen LogP contribution is 2.23. The molecule has 0 heterocycles. The number of carbonyl (C=O) groups is 2. The molecule has 0 fully saturated rings. The van der Waals surface area contributed by atoms with Gasteiger partial charge in [0.1, 0.15) is 5.75 Å². The van der Waals surface area contributed by atoms with E-state index in [1.165, 1.54) is 0 Å². The summed E-state index contributed by atoms with van der Waals surface area (Å²) in [5.41, 5.74) is 3.26. The number of ether oxygens (including phenoxy) is 1. The molecule has 2 unspecified atom stereocenters. The Morgan fingerprint density at radius 1 is 0.871 bits per heavy atom. The summed E-state index contributed by atoms with van der Waals surface area (Å²) in [5, 5.41) is 5.74. The first-order valence-corrected chi connectivity index (χ1v) is 10.5. The highest BCUT2D eigenvalue weighted by Gasteiger charge is 2.16. The SMILES string of the molecule is CCC(C)NC(=O)c1cccc(NC(=O)C(C)Oc2ccc(-c3ccccc3)cc2)c1. The minimum Gasteiger partial charge on any atom is -0.481 e. The van der Waals surface area contributed by atoms with Gasteiger partial charge in [0.15, 0.2) is 6.10 Å². The molecule has 160 valence electrons. The summed E-state index contributed by atoms with van der Waals surface area (Å²) in [6.07, 6.45) is 0.156. The largest absolute Gasteiger partial charge is 0.481 e. The first-order chi connectivity index (χ1) is 15.0. The van der Waals surface area contributed by atoms with Crippen molar-refractivity contribution in [2.45, 2.75) is 39.3 Å². The normalized spacial score (nSPS) is 12.5. The van der Waals surface area contributed by atoms with Crippen LogP contribution in [0.2, 0.25) is 0 Å². The second-order valence-corrected chi connectivity index (χ2v) is 7.50. The molecule has 0 spiro atoms. The maximum Gasteiger partial charge on any atom is 0.265 e. The number of hydrogen-bond donors (Lipinski definition) is 2. The van der Waals surface area contributed by atoms with Crippen LogP contribution in [-0.4, -0.2) is 24.0 Å². The number of rotatable bonds is 8. The Kier molecular flexibility index (Phi) is 7.44. The second-order valence-electron chi connectivity index (χ2n) is 7.50. The third kappa shape index (κ3) is 6.19. The Hall–Kier alpha value is -3.60. The molecular weight excluding hydrogens is 388 g/mol. The Labute approximate surface area is 183 Å². The van der Waals surface area contributed by atoms with Gasteiger partial charge in [0, 0.05) is 17.3 Å². The first kappa shape index (κ1) is 22.1. The molecule has 31 heavy (non-hydrogen) atoms. The summed E-state index contributed by atoms with van der Waals surface area (Å²) in [6, 6.07) is 24.7. The van der Waals surface area contributed by atoms with Crippen molar-refractivity contribution in [3.63, 3.8) is 0 Å². The fraction of sp³-hybridized carbons (Fsp3) is 0.231. The zero-order valence-corrected chi connectivity index (χ0v) is 18.1. The summed E-state index contributed by atoms with van der Waals surface area (Å²) in [4.78, 5) is 24.9. The predicted octanol–water partition coefficient (Wildman–Crippen LogP) is 5.29. The molecule has 0 saturated carbocycles. The summed E-state index contributed by atoms with van der Waals surface area (Å²) in [7, 11) is 0. The third-order valence-electron chi connectivity index (χ3n) is 5.03. The zero-order valence-electron chi connectivity index (χ0n) is 18.1. The summed E-state index contributed by atoms with van der Waals surface area (Å²) >= 11 is 0. The molecule has 0 aliphatic heterocycles. The van der Waals surface area contributed by atoms with Crippen molar-refractivity contribution in [2.75, 3.05) is 5.32 Å². The molecule has 2 atom stereocenters. The summed E-state index contributed by atoms with van der Waals surface area (Å²) in [6.45, 7) is 5.66. The summed E-state index contributed by atoms with van der Waals surface area (Å²) < 4.78 is 5.79. The monoisotopic (exact) mass is 416 g/mol. The molecule has 0 aromatic heterocycles. The van der Waals surface area contributed by atoms with Gasteiger partial charge in [0.25, 0.3) is 11.8 Å². The lowest BCUT2D eigenvalue weighted by Gasteiger charge is -2.16. The number of amides is 2. The van der Waals surface area contributed by atoms with Crippen LogP contribution in [0.3, 0.4) is 0 Å². The van der Waals surface area contributed by atoms with E-state index < -0.39 is 6.10 Å². The van der Waals surface area contributed by atoms with Gasteiger partial charge in [-0.15, -0.1) is 0 Å². The lowest BCUT2D eigenvalue weighted by atomic mass is 10.1. The lowest BCUT2D eigenvalue weighted by Crippen LogP contribution is -2.32. The standard InChI is InChI=1S/C26H28N2O3/c1-4-18(2)27-26(30)22-11-8-12-23(17-22)28-25(29)19(3)31-24-15-13-21(14-16-24)20-9-6-5-7-10-20/h5-19H,4H2,1-3H3,(H,27,30)(H,28,29). The minimum atomic E-state index is -0.694. The average molecular weight is 417 g/mol. The predicted molar refractivity (Wildman–Crippen MR) is 124 cm³/mol. The van der Waals surface area contributed by atoms with Crippen LogP contribution < -0.4 is 15.4 Å². The molecule has 0 bridgehead atoms. The molecule has 0 saturated heterocycles. The van der Waals surface area contributed by atoms with Gasteiger partial charge in [0.2, 0.25) is 0 Å². The Morgan fingerprint density at radius 3 is 2.23 bits per heavy atom. The van der Waals surface area contributed by atoms with Gasteiger partial charge in [-0.2, -0.15) is 0 Å². The first-order valence-electron chi connectivity index (χ1n) is 10.5. The minimum absolute atomic E-state index is 0.0902. The molecule has 5 heteroatoms. The van der Waals surface area contributed by atoms with Crippen molar-refractivity contribution in [1.29, 1.82) is 0 Å². The summed E-state index contributed by atoms with van der Waals surface area (Å²) in [5.74, 6) is 0.170. The fourth-order valence-electron chi connectivity index (χ4n) is 3.01. The van der Waals surface area contributed by atoms with Crippen LogP contribution >= 0.6 is 0 Å². The lowest BCUT2D eigenvalue weighted by molar-refractivity contribution is -0.122. The van der Waals surface area contributed by atoms with E-state index in [2.05, 4.69) is 10.6 Å². The van der Waals surface area contributed by atoms with Crippen LogP contribution in [0.15, 0.2) is 78.9 Å². The van der Waals surface area contributed by atoms with Gasteiger partial charge < -0.3 is 15.4 Å². The van der Waals surface area contributed by atoms with Crippen molar-refractivity contribution in [3.05, 3.63) is 84.4 Å². The van der Waals surface area contributed by atoms with Crippen molar-refractivity contribution in [1.82, 2.24) is 5.32 Å². The van der Waals surface area contributed by atoms with Crippen molar-refractivity contribution >= 4 is 17.5 Å². The molecule has 5 nitrogen and oxygen atoms in total. The van der Waals surface area contributed by atoms with Crippen molar-refractivity contribution < 1.29 is 14.3 Å². The zero-order chi connectivity index (χ0) is 22.2. The Balaban J connectivity index is 1.59. The molecule has 0 radical (unpaired) electrons. The van der Waals surface area contributed by atoms with E-state index in [4.69, 9.17) is 4.74 Å². The molecule has 3 rings (SSSR count). The van der Waals surface area contributed by atoms with Crippen LogP contribution in [0.25, 0.3) is 11.1 Å². The van der Waals surface area contributed by atoms with Gasteiger partial charge in [-0.3, -0.25) is 9.59 Å². The fourth-order valence-corrected chi connectivity index (χ4v) is 3.01.